The van der Waals surface area contributed by atoms with Crippen molar-refractivity contribution < 1.29 is 0 Å². The monoisotopic (exact) mass is 271 g/mol. The number of aryl methyl sites for hydroxylation is 2. The van der Waals surface area contributed by atoms with Crippen molar-refractivity contribution in [2.45, 2.75) is 13.8 Å². The summed E-state index contributed by atoms with van der Waals surface area (Å²) in [5.41, 5.74) is 9.72. The molecule has 0 aliphatic rings. The van der Waals surface area contributed by atoms with E-state index in [1.54, 1.807) is 0 Å². The summed E-state index contributed by atoms with van der Waals surface area (Å²) in [5.74, 6) is 0.159. The quantitative estimate of drug-likeness (QED) is 0.715. The molecule has 5 heteroatoms. The lowest BCUT2D eigenvalue weighted by Crippen LogP contribution is -2.10. The molecule has 3 aromatic rings. The first-order valence-corrected chi connectivity index (χ1v) is 6.79. The van der Waals surface area contributed by atoms with E-state index in [9.17, 15) is 4.79 Å². The van der Waals surface area contributed by atoms with E-state index in [0.29, 0.717) is 10.2 Å². The molecule has 0 radical (unpaired) electrons. The van der Waals surface area contributed by atoms with E-state index in [0.717, 1.165) is 16.7 Å². The van der Waals surface area contributed by atoms with Crippen molar-refractivity contribution in [1.82, 2.24) is 9.97 Å². The highest BCUT2D eigenvalue weighted by Gasteiger charge is 2.13. The van der Waals surface area contributed by atoms with Gasteiger partial charge >= 0.3 is 0 Å². The Labute approximate surface area is 113 Å². The first-order valence-electron chi connectivity index (χ1n) is 5.91. The lowest BCUT2D eigenvalue weighted by Gasteiger charge is -2.05. The summed E-state index contributed by atoms with van der Waals surface area (Å²) < 4.78 is 0. The number of aromatic amines is 1. The van der Waals surface area contributed by atoms with Crippen LogP contribution < -0.4 is 11.3 Å². The van der Waals surface area contributed by atoms with Crippen LogP contribution in [0.2, 0.25) is 0 Å². The molecule has 0 spiro atoms. The highest BCUT2D eigenvalue weighted by Crippen LogP contribution is 2.33. The maximum absolute atomic E-state index is 12.1. The zero-order chi connectivity index (χ0) is 13.6. The van der Waals surface area contributed by atoms with Crippen molar-refractivity contribution in [2.75, 3.05) is 5.73 Å². The highest BCUT2D eigenvalue weighted by atomic mass is 32.1. The Bertz CT molecular complexity index is 832. The molecule has 0 amide bonds. The predicted molar refractivity (Wildman–Crippen MR) is 79.6 cm³/mol. The molecule has 0 unspecified atom stereocenters. The lowest BCUT2D eigenvalue weighted by molar-refractivity contribution is 1.20. The van der Waals surface area contributed by atoms with Crippen molar-refractivity contribution in [3.05, 3.63) is 45.1 Å². The fourth-order valence-corrected chi connectivity index (χ4v) is 3.23. The van der Waals surface area contributed by atoms with Gasteiger partial charge in [-0.1, -0.05) is 23.8 Å². The van der Waals surface area contributed by atoms with Crippen LogP contribution in [-0.2, 0) is 0 Å². The summed E-state index contributed by atoms with van der Waals surface area (Å²) >= 11 is 1.44. The topological polar surface area (TPSA) is 71.8 Å². The van der Waals surface area contributed by atoms with Crippen LogP contribution in [0.25, 0.3) is 21.3 Å². The number of thiophene rings is 1. The van der Waals surface area contributed by atoms with Gasteiger partial charge in [0.2, 0.25) is 5.95 Å². The van der Waals surface area contributed by atoms with Crippen molar-refractivity contribution >= 4 is 27.5 Å². The van der Waals surface area contributed by atoms with Crippen LogP contribution in [0.1, 0.15) is 11.1 Å². The second-order valence-electron chi connectivity index (χ2n) is 4.60. The second kappa shape index (κ2) is 4.20. The van der Waals surface area contributed by atoms with Gasteiger partial charge in [0.25, 0.3) is 5.56 Å². The van der Waals surface area contributed by atoms with Gasteiger partial charge in [0, 0.05) is 10.9 Å². The molecular weight excluding hydrogens is 258 g/mol. The number of benzene rings is 1. The van der Waals surface area contributed by atoms with Crippen molar-refractivity contribution in [3.8, 4) is 11.1 Å². The number of hydrogen-bond donors (Lipinski definition) is 2. The molecule has 2 aromatic heterocycles. The molecular formula is C14H13N3OS. The van der Waals surface area contributed by atoms with E-state index in [4.69, 9.17) is 5.73 Å². The van der Waals surface area contributed by atoms with Crippen LogP contribution in [0, 0.1) is 13.8 Å². The number of aromatic nitrogens is 2. The summed E-state index contributed by atoms with van der Waals surface area (Å²) in [6, 6.07) is 6.20. The first-order chi connectivity index (χ1) is 9.06. The number of anilines is 1. The van der Waals surface area contributed by atoms with Gasteiger partial charge in [0.15, 0.2) is 0 Å². The summed E-state index contributed by atoms with van der Waals surface area (Å²) in [6.07, 6.45) is 0. The Kier molecular flexibility index (Phi) is 2.64. The highest BCUT2D eigenvalue weighted by molar-refractivity contribution is 7.17. The van der Waals surface area contributed by atoms with Crippen molar-refractivity contribution in [1.29, 1.82) is 0 Å². The SMILES string of the molecule is Cc1ccc(-c2csc3nc(N)[nH]c(=O)c23)c(C)c1. The molecule has 96 valence electrons. The zero-order valence-electron chi connectivity index (χ0n) is 10.7. The molecule has 19 heavy (non-hydrogen) atoms. The summed E-state index contributed by atoms with van der Waals surface area (Å²) in [7, 11) is 0. The van der Waals surface area contributed by atoms with Gasteiger partial charge in [0.05, 0.1) is 5.39 Å². The minimum Gasteiger partial charge on any atom is -0.369 e. The Hall–Kier alpha value is -2.14. The number of fused-ring (bicyclic) bond motifs is 1. The average Bonchev–Trinajstić information content (AvgIpc) is 2.72. The molecule has 0 atom stereocenters. The first kappa shape index (κ1) is 11.9. The van der Waals surface area contributed by atoms with Crippen LogP contribution in [0.5, 0.6) is 0 Å². The molecule has 3 N–H and O–H groups in total. The van der Waals surface area contributed by atoms with E-state index in [1.165, 1.54) is 16.9 Å². The van der Waals surface area contributed by atoms with Gasteiger partial charge in [-0.3, -0.25) is 9.78 Å². The van der Waals surface area contributed by atoms with Crippen LogP contribution in [-0.4, -0.2) is 9.97 Å². The summed E-state index contributed by atoms with van der Waals surface area (Å²) in [4.78, 5) is 19.5. The maximum Gasteiger partial charge on any atom is 0.261 e. The Morgan fingerprint density at radius 1 is 1.26 bits per heavy atom. The zero-order valence-corrected chi connectivity index (χ0v) is 11.5. The second-order valence-corrected chi connectivity index (χ2v) is 5.46. The van der Waals surface area contributed by atoms with Crippen molar-refractivity contribution in [2.24, 2.45) is 0 Å². The number of H-pyrrole nitrogens is 1. The van der Waals surface area contributed by atoms with E-state index >= 15 is 0 Å². The number of nitrogens with two attached hydrogens (primary N) is 1. The molecule has 0 saturated carbocycles. The van der Waals surface area contributed by atoms with Gasteiger partial charge in [-0.05, 0) is 25.0 Å². The van der Waals surface area contributed by atoms with Crippen LogP contribution in [0.15, 0.2) is 28.4 Å². The van der Waals surface area contributed by atoms with Crippen LogP contribution >= 0.6 is 11.3 Å². The van der Waals surface area contributed by atoms with Crippen LogP contribution in [0.4, 0.5) is 5.95 Å². The fraction of sp³-hybridized carbons (Fsp3) is 0.143. The molecule has 0 aliphatic carbocycles. The van der Waals surface area contributed by atoms with Crippen molar-refractivity contribution in [3.63, 3.8) is 0 Å². The average molecular weight is 271 g/mol. The molecule has 0 bridgehead atoms. The molecule has 4 nitrogen and oxygen atoms in total. The third-order valence-electron chi connectivity index (χ3n) is 3.13. The Morgan fingerprint density at radius 2 is 2.05 bits per heavy atom. The van der Waals surface area contributed by atoms with E-state index in [1.807, 2.05) is 24.4 Å². The number of nitrogens with zero attached hydrogens (tertiary/aromatic N) is 1. The van der Waals surface area contributed by atoms with Gasteiger partial charge < -0.3 is 5.73 Å². The molecule has 0 fully saturated rings. The summed E-state index contributed by atoms with van der Waals surface area (Å²) in [6.45, 7) is 4.10. The minimum atomic E-state index is -0.182. The molecule has 1 aromatic carbocycles. The lowest BCUT2D eigenvalue weighted by atomic mass is 9.99. The third kappa shape index (κ3) is 1.92. The van der Waals surface area contributed by atoms with Gasteiger partial charge in [-0.2, -0.15) is 0 Å². The third-order valence-corrected chi connectivity index (χ3v) is 4.01. The maximum atomic E-state index is 12.1. The van der Waals surface area contributed by atoms with E-state index in [2.05, 4.69) is 23.0 Å². The minimum absolute atomic E-state index is 0.159. The number of rotatable bonds is 1. The number of nitrogens with one attached hydrogen (secondary N) is 1. The van der Waals surface area contributed by atoms with Gasteiger partial charge in [0.1, 0.15) is 4.83 Å². The molecule has 2 heterocycles. The largest absolute Gasteiger partial charge is 0.369 e. The standard InChI is InChI=1S/C14H13N3OS/c1-7-3-4-9(8(2)5-7)10-6-19-13-11(10)12(18)16-14(15)17-13/h3-6H,1-2H3,(H3,15,16,17,18). The van der Waals surface area contributed by atoms with Crippen LogP contribution in [0.3, 0.4) is 0 Å². The predicted octanol–water partition coefficient (Wildman–Crippen LogP) is 2.85. The number of nitrogen functional groups attached to an aromatic ring is 1. The smallest absolute Gasteiger partial charge is 0.261 e. The van der Waals surface area contributed by atoms with Gasteiger partial charge in [-0.15, -0.1) is 11.3 Å². The summed E-state index contributed by atoms with van der Waals surface area (Å²) in [5, 5.41) is 2.58. The molecule has 0 saturated heterocycles. The molecule has 3 rings (SSSR count). The Morgan fingerprint density at radius 3 is 2.79 bits per heavy atom. The van der Waals surface area contributed by atoms with E-state index < -0.39 is 0 Å². The fourth-order valence-electron chi connectivity index (χ4n) is 2.28. The van der Waals surface area contributed by atoms with E-state index in [-0.39, 0.29) is 11.5 Å². The number of hydrogen-bond acceptors (Lipinski definition) is 4. The van der Waals surface area contributed by atoms with Gasteiger partial charge in [-0.25, -0.2) is 4.98 Å². The Balaban J connectivity index is 2.35. The normalized spacial score (nSPS) is 11.1. The molecule has 0 aliphatic heterocycles.